The topological polar surface area (TPSA) is 64.2 Å². The summed E-state index contributed by atoms with van der Waals surface area (Å²) in [5, 5.41) is 12.1. The van der Waals surface area contributed by atoms with Crippen LogP contribution in [0.2, 0.25) is 0 Å². The molecule has 0 amide bonds. The van der Waals surface area contributed by atoms with Gasteiger partial charge in [0.2, 0.25) is 5.95 Å². The second kappa shape index (κ2) is 3.12. The number of likely N-dealkylation sites (tertiary alicyclic amines) is 1. The van der Waals surface area contributed by atoms with E-state index in [0.29, 0.717) is 0 Å². The van der Waals surface area contributed by atoms with Crippen LogP contribution in [0.15, 0.2) is 12.4 Å². The lowest BCUT2D eigenvalue weighted by Gasteiger charge is -2.35. The summed E-state index contributed by atoms with van der Waals surface area (Å²) in [6.45, 7) is 2.26. The van der Waals surface area contributed by atoms with Crippen LogP contribution in [0.1, 0.15) is 0 Å². The Hall–Kier alpha value is -1.07. The molecule has 1 aliphatic rings. The van der Waals surface area contributed by atoms with Crippen molar-refractivity contribution in [3.05, 3.63) is 12.4 Å². The van der Waals surface area contributed by atoms with Crippen molar-refractivity contribution in [1.29, 1.82) is 0 Å². The quantitative estimate of drug-likeness (QED) is 0.567. The van der Waals surface area contributed by atoms with Crippen molar-refractivity contribution in [2.45, 2.75) is 6.10 Å². The highest BCUT2D eigenvalue weighted by Crippen LogP contribution is 2.06. The number of aliphatic hydroxyl groups is 1. The Morgan fingerprint density at radius 2 is 2.58 bits per heavy atom. The van der Waals surface area contributed by atoms with E-state index in [1.54, 1.807) is 12.4 Å². The summed E-state index contributed by atoms with van der Waals surface area (Å²) in [6, 6.07) is 0. The molecule has 0 saturated carbocycles. The monoisotopic (exact) mass is 168 g/mol. The molecule has 0 spiro atoms. The minimum atomic E-state index is -0.136. The fraction of sp³-hybridized carbons (Fsp3) is 0.571. The molecule has 5 nitrogen and oxygen atoms in total. The van der Waals surface area contributed by atoms with E-state index in [9.17, 15) is 0 Å². The maximum absolute atomic E-state index is 8.98. The highest BCUT2D eigenvalue weighted by molar-refractivity contribution is 5.22. The first-order valence-electron chi connectivity index (χ1n) is 3.98. The fourth-order valence-corrected chi connectivity index (χ4v) is 1.22. The zero-order valence-corrected chi connectivity index (χ0v) is 6.70. The van der Waals surface area contributed by atoms with Gasteiger partial charge in [0.05, 0.1) is 12.8 Å². The van der Waals surface area contributed by atoms with E-state index < -0.39 is 0 Å². The smallest absolute Gasteiger partial charge is 0.201 e. The summed E-state index contributed by atoms with van der Waals surface area (Å²) < 4.78 is 0. The van der Waals surface area contributed by atoms with E-state index in [4.69, 9.17) is 5.11 Å². The molecule has 0 bridgehead atoms. The van der Waals surface area contributed by atoms with Gasteiger partial charge >= 0.3 is 0 Å². The number of anilines is 1. The number of imidazole rings is 1. The summed E-state index contributed by atoms with van der Waals surface area (Å²) in [4.78, 5) is 9.05. The molecule has 1 aliphatic heterocycles. The molecule has 5 heteroatoms. The van der Waals surface area contributed by atoms with Gasteiger partial charge in [-0.05, 0) is 0 Å². The molecule has 1 aromatic heterocycles. The largest absolute Gasteiger partial charge is 0.390 e. The van der Waals surface area contributed by atoms with Crippen LogP contribution in [-0.4, -0.2) is 45.8 Å². The molecule has 1 saturated heterocycles. The van der Waals surface area contributed by atoms with Crippen LogP contribution in [0, 0.1) is 0 Å². The predicted octanol–water partition coefficient (Wildman–Crippen LogP) is -0.544. The second-order valence-corrected chi connectivity index (χ2v) is 2.96. The zero-order chi connectivity index (χ0) is 8.39. The maximum Gasteiger partial charge on any atom is 0.201 e. The van der Waals surface area contributed by atoms with Crippen molar-refractivity contribution in [3.63, 3.8) is 0 Å². The predicted molar refractivity (Wildman–Crippen MR) is 44.7 cm³/mol. The summed E-state index contributed by atoms with van der Waals surface area (Å²) in [5.74, 6) is 0.774. The third-order valence-electron chi connectivity index (χ3n) is 1.91. The summed E-state index contributed by atoms with van der Waals surface area (Å²) in [6.07, 6.45) is 3.34. The third-order valence-corrected chi connectivity index (χ3v) is 1.91. The molecule has 0 unspecified atom stereocenters. The fourth-order valence-electron chi connectivity index (χ4n) is 1.22. The van der Waals surface area contributed by atoms with Gasteiger partial charge in [0, 0.05) is 25.5 Å². The zero-order valence-electron chi connectivity index (χ0n) is 6.70. The Balaban J connectivity index is 1.70. The Labute approximate surface area is 70.4 Å². The molecule has 0 aliphatic carbocycles. The number of nitrogens with zero attached hydrogens (tertiary/aromatic N) is 2. The molecule has 2 rings (SSSR count). The van der Waals surface area contributed by atoms with Gasteiger partial charge in [0.25, 0.3) is 0 Å². The second-order valence-electron chi connectivity index (χ2n) is 2.96. The van der Waals surface area contributed by atoms with Crippen LogP contribution in [0.4, 0.5) is 5.95 Å². The lowest BCUT2D eigenvalue weighted by molar-refractivity contribution is 0.00702. The number of rotatable bonds is 3. The molecule has 1 aromatic rings. The lowest BCUT2D eigenvalue weighted by atomic mass is 10.2. The van der Waals surface area contributed by atoms with Crippen molar-refractivity contribution in [3.8, 4) is 0 Å². The normalized spacial score (nSPS) is 19.1. The number of aromatic nitrogens is 2. The van der Waals surface area contributed by atoms with Crippen LogP contribution in [-0.2, 0) is 0 Å². The molecular weight excluding hydrogens is 156 g/mol. The summed E-state index contributed by atoms with van der Waals surface area (Å²) in [7, 11) is 0. The first kappa shape index (κ1) is 7.57. The van der Waals surface area contributed by atoms with Crippen molar-refractivity contribution < 1.29 is 5.11 Å². The third kappa shape index (κ3) is 1.57. The van der Waals surface area contributed by atoms with E-state index in [2.05, 4.69) is 20.2 Å². The Bertz CT molecular complexity index is 230. The average molecular weight is 168 g/mol. The highest BCUT2D eigenvalue weighted by atomic mass is 16.3. The number of aliphatic hydroxyl groups excluding tert-OH is 1. The Morgan fingerprint density at radius 3 is 3.17 bits per heavy atom. The minimum absolute atomic E-state index is 0.136. The first-order valence-corrected chi connectivity index (χ1v) is 3.98. The highest BCUT2D eigenvalue weighted by Gasteiger charge is 2.23. The van der Waals surface area contributed by atoms with Gasteiger partial charge in [-0.3, -0.25) is 4.90 Å². The molecule has 1 fully saturated rings. The van der Waals surface area contributed by atoms with Crippen LogP contribution in [0.25, 0.3) is 0 Å². The average Bonchev–Trinajstić information content (AvgIpc) is 2.47. The minimum Gasteiger partial charge on any atom is -0.390 e. The van der Waals surface area contributed by atoms with Crippen LogP contribution in [0.3, 0.4) is 0 Å². The molecule has 0 atom stereocenters. The number of hydrogen-bond donors (Lipinski definition) is 3. The van der Waals surface area contributed by atoms with Crippen LogP contribution in [0.5, 0.6) is 0 Å². The first-order chi connectivity index (χ1) is 5.84. The van der Waals surface area contributed by atoms with Gasteiger partial charge in [-0.25, -0.2) is 4.98 Å². The van der Waals surface area contributed by atoms with Crippen molar-refractivity contribution in [2.75, 3.05) is 25.1 Å². The summed E-state index contributed by atoms with van der Waals surface area (Å²) >= 11 is 0. The number of nitrogens with one attached hydrogen (secondary N) is 2. The van der Waals surface area contributed by atoms with Crippen LogP contribution >= 0.6 is 0 Å². The number of H-pyrrole nitrogens is 1. The van der Waals surface area contributed by atoms with E-state index in [1.165, 1.54) is 0 Å². The Kier molecular flexibility index (Phi) is 1.97. The number of aromatic amines is 1. The molecule has 66 valence electrons. The molecule has 3 N–H and O–H groups in total. The Morgan fingerprint density at radius 1 is 1.75 bits per heavy atom. The molecule has 0 radical (unpaired) electrons. The molecule has 2 heterocycles. The van der Waals surface area contributed by atoms with Gasteiger partial charge in [0.1, 0.15) is 0 Å². The van der Waals surface area contributed by atoms with E-state index in [-0.39, 0.29) is 6.10 Å². The van der Waals surface area contributed by atoms with Gasteiger partial charge in [0.15, 0.2) is 0 Å². The van der Waals surface area contributed by atoms with Crippen LogP contribution < -0.4 is 5.32 Å². The number of β-amino-alcohol motifs (C(OH)–C–C–N with tert-alkyl or cyclic N) is 1. The van der Waals surface area contributed by atoms with Gasteiger partial charge < -0.3 is 15.4 Å². The van der Waals surface area contributed by atoms with E-state index in [0.717, 1.165) is 25.7 Å². The molecule has 12 heavy (non-hydrogen) atoms. The van der Waals surface area contributed by atoms with Gasteiger partial charge in [-0.2, -0.15) is 0 Å². The maximum atomic E-state index is 8.98. The molecular formula is C7H12N4O. The van der Waals surface area contributed by atoms with E-state index in [1.807, 2.05) is 0 Å². The lowest BCUT2D eigenvalue weighted by Crippen LogP contribution is -2.52. The van der Waals surface area contributed by atoms with E-state index >= 15 is 0 Å². The molecule has 0 aromatic carbocycles. The summed E-state index contributed by atoms with van der Waals surface area (Å²) in [5.41, 5.74) is 0. The van der Waals surface area contributed by atoms with Crippen molar-refractivity contribution in [1.82, 2.24) is 14.9 Å². The standard InChI is InChI=1S/C7H12N4O/c12-6-3-11(4-6)5-10-7-8-1-2-9-7/h1-2,6,12H,3-5H2,(H2,8,9,10). The SMILES string of the molecule is OC1CN(CNc2ncc[nH]2)C1. The number of hydrogen-bond acceptors (Lipinski definition) is 4. The van der Waals surface area contributed by atoms with Crippen molar-refractivity contribution >= 4 is 5.95 Å². The van der Waals surface area contributed by atoms with Gasteiger partial charge in [-0.1, -0.05) is 0 Å². The van der Waals surface area contributed by atoms with Crippen molar-refractivity contribution in [2.24, 2.45) is 0 Å². The van der Waals surface area contributed by atoms with Gasteiger partial charge in [-0.15, -0.1) is 0 Å².